The maximum atomic E-state index is 10.5. The molecule has 2 rings (SSSR count). The van der Waals surface area contributed by atoms with Crippen molar-refractivity contribution in [2.24, 2.45) is 7.05 Å². The lowest BCUT2D eigenvalue weighted by Gasteiger charge is -2.04. The van der Waals surface area contributed by atoms with Crippen molar-refractivity contribution in [3.8, 4) is 0 Å². The average molecular weight is 261 g/mol. The SMILES string of the molecule is Cn1cnnc1CNCCc1ccc([N+](=O)[O-])cc1. The number of nitro groups is 1. The van der Waals surface area contributed by atoms with E-state index in [2.05, 4.69) is 15.5 Å². The molecule has 19 heavy (non-hydrogen) atoms. The highest BCUT2D eigenvalue weighted by Gasteiger charge is 2.04. The van der Waals surface area contributed by atoms with Crippen molar-refractivity contribution in [2.75, 3.05) is 6.54 Å². The molecule has 0 unspecified atom stereocenters. The van der Waals surface area contributed by atoms with E-state index in [9.17, 15) is 10.1 Å². The number of nitrogens with zero attached hydrogens (tertiary/aromatic N) is 4. The van der Waals surface area contributed by atoms with Crippen molar-refractivity contribution in [1.29, 1.82) is 0 Å². The molecule has 1 heterocycles. The van der Waals surface area contributed by atoms with Gasteiger partial charge in [0, 0.05) is 19.2 Å². The first-order valence-corrected chi connectivity index (χ1v) is 5.94. The zero-order valence-electron chi connectivity index (χ0n) is 10.6. The Labute approximate surface area is 110 Å². The average Bonchev–Trinajstić information content (AvgIpc) is 2.81. The van der Waals surface area contributed by atoms with Gasteiger partial charge < -0.3 is 9.88 Å². The standard InChI is InChI=1S/C12H15N5O2/c1-16-9-14-15-12(16)8-13-7-6-10-2-4-11(5-3-10)17(18)19/h2-5,9,13H,6-8H2,1H3. The molecule has 0 saturated carbocycles. The van der Waals surface area contributed by atoms with Gasteiger partial charge in [0.15, 0.2) is 0 Å². The molecule has 1 aromatic carbocycles. The summed E-state index contributed by atoms with van der Waals surface area (Å²) in [5.41, 5.74) is 1.19. The first-order chi connectivity index (χ1) is 9.16. The summed E-state index contributed by atoms with van der Waals surface area (Å²) in [4.78, 5) is 10.1. The van der Waals surface area contributed by atoms with Crippen molar-refractivity contribution in [3.05, 3.63) is 52.1 Å². The molecule has 100 valence electrons. The first-order valence-electron chi connectivity index (χ1n) is 5.94. The summed E-state index contributed by atoms with van der Waals surface area (Å²) in [6, 6.07) is 6.61. The zero-order valence-corrected chi connectivity index (χ0v) is 10.6. The van der Waals surface area contributed by atoms with E-state index in [1.165, 1.54) is 12.1 Å². The van der Waals surface area contributed by atoms with Gasteiger partial charge >= 0.3 is 0 Å². The molecule has 0 aliphatic carbocycles. The van der Waals surface area contributed by atoms with Crippen molar-refractivity contribution in [1.82, 2.24) is 20.1 Å². The minimum Gasteiger partial charge on any atom is -0.320 e. The van der Waals surface area contributed by atoms with Crippen LogP contribution in [0.3, 0.4) is 0 Å². The molecule has 1 N–H and O–H groups in total. The number of nitro benzene ring substituents is 1. The van der Waals surface area contributed by atoms with E-state index in [1.54, 1.807) is 18.5 Å². The summed E-state index contributed by atoms with van der Waals surface area (Å²) in [7, 11) is 1.90. The number of benzene rings is 1. The fraction of sp³-hybridized carbons (Fsp3) is 0.333. The Morgan fingerprint density at radius 1 is 1.37 bits per heavy atom. The maximum Gasteiger partial charge on any atom is 0.269 e. The number of non-ortho nitro benzene ring substituents is 1. The minimum atomic E-state index is -0.393. The minimum absolute atomic E-state index is 0.121. The number of aromatic nitrogens is 3. The molecule has 1 aromatic heterocycles. The Hall–Kier alpha value is -2.28. The summed E-state index contributed by atoms with van der Waals surface area (Å²) in [5.74, 6) is 0.878. The Kier molecular flexibility index (Phi) is 4.19. The van der Waals surface area contributed by atoms with E-state index in [0.29, 0.717) is 6.54 Å². The topological polar surface area (TPSA) is 85.9 Å². The zero-order chi connectivity index (χ0) is 13.7. The van der Waals surface area contributed by atoms with Gasteiger partial charge in [0.25, 0.3) is 5.69 Å². The van der Waals surface area contributed by atoms with Gasteiger partial charge in [-0.1, -0.05) is 12.1 Å². The molecule has 7 nitrogen and oxygen atoms in total. The first kappa shape index (κ1) is 13.2. The Balaban J connectivity index is 1.76. The number of hydrogen-bond acceptors (Lipinski definition) is 5. The van der Waals surface area contributed by atoms with Crippen molar-refractivity contribution >= 4 is 5.69 Å². The summed E-state index contributed by atoms with van der Waals surface area (Å²) in [6.07, 6.45) is 2.48. The van der Waals surface area contributed by atoms with E-state index in [-0.39, 0.29) is 5.69 Å². The Morgan fingerprint density at radius 2 is 2.11 bits per heavy atom. The van der Waals surface area contributed by atoms with Crippen LogP contribution in [0.2, 0.25) is 0 Å². The molecule has 0 atom stereocenters. The predicted molar refractivity (Wildman–Crippen MR) is 69.5 cm³/mol. The second-order valence-corrected chi connectivity index (χ2v) is 4.21. The molecule has 0 radical (unpaired) electrons. The molecule has 2 aromatic rings. The summed E-state index contributed by atoms with van der Waals surface area (Å²) >= 11 is 0. The lowest BCUT2D eigenvalue weighted by Crippen LogP contribution is -2.19. The van der Waals surface area contributed by atoms with Gasteiger partial charge in [0.1, 0.15) is 12.2 Å². The van der Waals surface area contributed by atoms with E-state index in [0.717, 1.165) is 24.4 Å². The van der Waals surface area contributed by atoms with E-state index in [4.69, 9.17) is 0 Å². The molecule has 0 aliphatic heterocycles. The largest absolute Gasteiger partial charge is 0.320 e. The van der Waals surface area contributed by atoms with Gasteiger partial charge in [-0.3, -0.25) is 10.1 Å². The van der Waals surface area contributed by atoms with Crippen LogP contribution in [0, 0.1) is 10.1 Å². The number of nitrogens with one attached hydrogen (secondary N) is 1. The maximum absolute atomic E-state index is 10.5. The predicted octanol–water partition coefficient (Wildman–Crippen LogP) is 1.06. The van der Waals surface area contributed by atoms with E-state index < -0.39 is 4.92 Å². The molecule has 0 bridgehead atoms. The lowest BCUT2D eigenvalue weighted by atomic mass is 10.1. The fourth-order valence-electron chi connectivity index (χ4n) is 1.68. The summed E-state index contributed by atoms with van der Waals surface area (Å²) in [6.45, 7) is 1.44. The number of rotatable bonds is 6. The highest BCUT2D eigenvalue weighted by molar-refractivity contribution is 5.32. The van der Waals surface area contributed by atoms with Crippen LogP contribution in [0.4, 0.5) is 5.69 Å². The third-order valence-corrected chi connectivity index (χ3v) is 2.83. The van der Waals surface area contributed by atoms with Crippen LogP contribution in [0.5, 0.6) is 0 Å². The van der Waals surface area contributed by atoms with E-state index in [1.807, 2.05) is 11.6 Å². The molecular formula is C12H15N5O2. The molecule has 0 amide bonds. The molecule has 7 heteroatoms. The van der Waals surface area contributed by atoms with Gasteiger partial charge in [-0.15, -0.1) is 10.2 Å². The fourth-order valence-corrected chi connectivity index (χ4v) is 1.68. The quantitative estimate of drug-likeness (QED) is 0.477. The van der Waals surface area contributed by atoms with Crippen molar-refractivity contribution in [3.63, 3.8) is 0 Å². The monoisotopic (exact) mass is 261 g/mol. The van der Waals surface area contributed by atoms with Crippen LogP contribution in [0.25, 0.3) is 0 Å². The van der Waals surface area contributed by atoms with Crippen LogP contribution in [-0.2, 0) is 20.0 Å². The van der Waals surface area contributed by atoms with Gasteiger partial charge in [-0.05, 0) is 18.5 Å². The molecule has 0 spiro atoms. The van der Waals surface area contributed by atoms with Crippen molar-refractivity contribution < 1.29 is 4.92 Å². The second-order valence-electron chi connectivity index (χ2n) is 4.21. The summed E-state index contributed by atoms with van der Waals surface area (Å²) in [5, 5.41) is 21.5. The highest BCUT2D eigenvalue weighted by atomic mass is 16.6. The third kappa shape index (κ3) is 3.59. The smallest absolute Gasteiger partial charge is 0.269 e. The third-order valence-electron chi connectivity index (χ3n) is 2.83. The highest BCUT2D eigenvalue weighted by Crippen LogP contribution is 2.11. The van der Waals surface area contributed by atoms with Gasteiger partial charge in [-0.25, -0.2) is 0 Å². The van der Waals surface area contributed by atoms with Crippen LogP contribution in [0.15, 0.2) is 30.6 Å². The Morgan fingerprint density at radius 3 is 2.68 bits per heavy atom. The van der Waals surface area contributed by atoms with Crippen LogP contribution < -0.4 is 5.32 Å². The molecule has 0 fully saturated rings. The van der Waals surface area contributed by atoms with Crippen LogP contribution in [-0.4, -0.2) is 26.2 Å². The number of hydrogen-bond donors (Lipinski definition) is 1. The molecule has 0 aliphatic rings. The Bertz CT molecular complexity index is 550. The normalized spacial score (nSPS) is 10.6. The van der Waals surface area contributed by atoms with Crippen LogP contribution in [0.1, 0.15) is 11.4 Å². The molecular weight excluding hydrogens is 246 g/mol. The second kappa shape index (κ2) is 6.05. The van der Waals surface area contributed by atoms with Gasteiger partial charge in [-0.2, -0.15) is 0 Å². The summed E-state index contributed by atoms with van der Waals surface area (Å²) < 4.78 is 1.86. The van der Waals surface area contributed by atoms with Crippen LogP contribution >= 0.6 is 0 Å². The van der Waals surface area contributed by atoms with Gasteiger partial charge in [0.2, 0.25) is 0 Å². The lowest BCUT2D eigenvalue weighted by molar-refractivity contribution is -0.384. The molecule has 0 saturated heterocycles. The van der Waals surface area contributed by atoms with Crippen molar-refractivity contribution in [2.45, 2.75) is 13.0 Å². The number of aryl methyl sites for hydroxylation is 1. The van der Waals surface area contributed by atoms with E-state index >= 15 is 0 Å². The van der Waals surface area contributed by atoms with Gasteiger partial charge in [0.05, 0.1) is 11.5 Å².